The van der Waals surface area contributed by atoms with Crippen molar-refractivity contribution in [3.63, 3.8) is 0 Å². The normalized spacial score (nSPS) is 11.7. The largest absolute Gasteiger partial charge is 0.480 e. The zero-order valence-corrected chi connectivity index (χ0v) is 12.2. The lowest BCUT2D eigenvalue weighted by Crippen LogP contribution is -2.41. The number of aromatic nitrogens is 2. The molecule has 0 radical (unpaired) electrons. The summed E-state index contributed by atoms with van der Waals surface area (Å²) in [5.74, 6) is -2.38. The molecule has 1 amide bonds. The summed E-state index contributed by atoms with van der Waals surface area (Å²) in [6.07, 6.45) is 0. The van der Waals surface area contributed by atoms with E-state index in [0.29, 0.717) is 0 Å². The highest BCUT2D eigenvalue weighted by atomic mass is 19.1. The fourth-order valence-corrected chi connectivity index (χ4v) is 1.86. The summed E-state index contributed by atoms with van der Waals surface area (Å²) in [6, 6.07) is 7.34. The Hall–Kier alpha value is -3.03. The van der Waals surface area contributed by atoms with Crippen LogP contribution in [-0.4, -0.2) is 32.8 Å². The smallest absolute Gasteiger partial charge is 0.325 e. The maximum Gasteiger partial charge on any atom is 0.325 e. The van der Waals surface area contributed by atoms with Gasteiger partial charge in [0, 0.05) is 11.6 Å². The minimum atomic E-state index is -1.20. The van der Waals surface area contributed by atoms with E-state index in [1.54, 1.807) is 6.07 Å². The molecule has 1 heterocycles. The first kappa shape index (κ1) is 16.3. The van der Waals surface area contributed by atoms with E-state index in [1.807, 2.05) is 0 Å². The van der Waals surface area contributed by atoms with Crippen LogP contribution in [0.5, 0.6) is 0 Å². The van der Waals surface area contributed by atoms with Gasteiger partial charge in [0.05, 0.1) is 5.69 Å². The first-order valence-corrected chi connectivity index (χ1v) is 6.73. The highest BCUT2D eigenvalue weighted by molar-refractivity contribution is 5.83. The van der Waals surface area contributed by atoms with Crippen molar-refractivity contribution in [2.75, 3.05) is 0 Å². The second-order valence-corrected chi connectivity index (χ2v) is 4.82. The molecule has 8 heteroatoms. The van der Waals surface area contributed by atoms with Gasteiger partial charge in [-0.05, 0) is 25.1 Å². The van der Waals surface area contributed by atoms with Gasteiger partial charge in [0.2, 0.25) is 5.91 Å². The molecule has 0 aliphatic rings. The first-order chi connectivity index (χ1) is 10.9. The number of carbonyl (C=O) groups is 2. The zero-order valence-electron chi connectivity index (χ0n) is 12.2. The predicted octanol–water partition coefficient (Wildman–Crippen LogP) is 0.639. The van der Waals surface area contributed by atoms with Crippen LogP contribution in [0, 0.1) is 5.82 Å². The number of hydrogen-bond donors (Lipinski definition) is 2. The Morgan fingerprint density at radius 3 is 2.65 bits per heavy atom. The van der Waals surface area contributed by atoms with Gasteiger partial charge in [-0.1, -0.05) is 12.1 Å². The lowest BCUT2D eigenvalue weighted by molar-refractivity contribution is -0.141. The van der Waals surface area contributed by atoms with Gasteiger partial charge in [-0.3, -0.25) is 14.4 Å². The molecule has 0 aliphatic heterocycles. The summed E-state index contributed by atoms with van der Waals surface area (Å²) in [6.45, 7) is 0.838. The number of carboxylic acids is 1. The van der Waals surface area contributed by atoms with E-state index in [0.717, 1.165) is 4.68 Å². The molecule has 1 aromatic heterocycles. The minimum absolute atomic E-state index is 0.195. The second kappa shape index (κ2) is 6.82. The van der Waals surface area contributed by atoms with E-state index in [2.05, 4.69) is 10.4 Å². The van der Waals surface area contributed by atoms with E-state index in [-0.39, 0.29) is 11.3 Å². The third kappa shape index (κ3) is 4.00. The molecule has 2 rings (SSSR count). The number of aliphatic carboxylic acids is 1. The van der Waals surface area contributed by atoms with Gasteiger partial charge in [-0.15, -0.1) is 0 Å². The molecule has 1 aromatic carbocycles. The van der Waals surface area contributed by atoms with Gasteiger partial charge in [-0.25, -0.2) is 9.07 Å². The summed E-state index contributed by atoms with van der Waals surface area (Å²) < 4.78 is 14.6. The fraction of sp³-hybridized carbons (Fsp3) is 0.200. The molecule has 120 valence electrons. The van der Waals surface area contributed by atoms with Crippen LogP contribution in [0.15, 0.2) is 41.2 Å². The van der Waals surface area contributed by atoms with Gasteiger partial charge < -0.3 is 10.4 Å². The number of nitrogens with one attached hydrogen (secondary N) is 1. The number of amides is 1. The van der Waals surface area contributed by atoms with Crippen LogP contribution in [0.1, 0.15) is 6.92 Å². The molecule has 7 nitrogen and oxygen atoms in total. The summed E-state index contributed by atoms with van der Waals surface area (Å²) in [7, 11) is 0. The first-order valence-electron chi connectivity index (χ1n) is 6.73. The molecule has 2 N–H and O–H groups in total. The van der Waals surface area contributed by atoms with Crippen LogP contribution in [0.4, 0.5) is 4.39 Å². The number of carboxylic acid groups (broad SMARTS) is 1. The zero-order chi connectivity index (χ0) is 17.0. The maximum atomic E-state index is 13.8. The highest BCUT2D eigenvalue weighted by Crippen LogP contribution is 2.18. The van der Waals surface area contributed by atoms with Crippen LogP contribution in [0.25, 0.3) is 11.3 Å². The Kier molecular flexibility index (Phi) is 4.85. The van der Waals surface area contributed by atoms with Crippen molar-refractivity contribution in [3.8, 4) is 11.3 Å². The number of carbonyl (C=O) groups excluding carboxylic acids is 1. The monoisotopic (exact) mass is 319 g/mol. The number of nitrogens with zero attached hydrogens (tertiary/aromatic N) is 2. The van der Waals surface area contributed by atoms with Gasteiger partial charge in [0.1, 0.15) is 18.4 Å². The van der Waals surface area contributed by atoms with E-state index in [4.69, 9.17) is 5.11 Å². The van der Waals surface area contributed by atoms with Crippen molar-refractivity contribution in [3.05, 3.63) is 52.6 Å². The molecule has 0 aliphatic carbocycles. The number of hydrogen-bond acceptors (Lipinski definition) is 4. The number of rotatable bonds is 5. The van der Waals surface area contributed by atoms with E-state index in [9.17, 15) is 18.8 Å². The molecule has 0 saturated heterocycles. The standard InChI is InChI=1S/C15H14FN3O4/c1-9(15(22)23)17-13(20)8-19-14(21)7-6-12(18-19)10-4-2-3-5-11(10)16/h2-7,9H,8H2,1H3,(H,17,20)(H,22,23)/t9-/m0/s1. The Labute approximate surface area is 130 Å². The minimum Gasteiger partial charge on any atom is -0.480 e. The molecule has 1 atom stereocenters. The molecule has 0 spiro atoms. The Morgan fingerprint density at radius 1 is 1.30 bits per heavy atom. The molecule has 0 saturated carbocycles. The van der Waals surface area contributed by atoms with Crippen LogP contribution < -0.4 is 10.9 Å². The molecule has 0 unspecified atom stereocenters. The van der Waals surface area contributed by atoms with Gasteiger partial charge >= 0.3 is 5.97 Å². The van der Waals surface area contributed by atoms with Gasteiger partial charge in [0.15, 0.2) is 0 Å². The summed E-state index contributed by atoms with van der Waals surface area (Å²) >= 11 is 0. The molecule has 0 bridgehead atoms. The van der Waals surface area contributed by atoms with Crippen LogP contribution in [0.2, 0.25) is 0 Å². The SMILES string of the molecule is C[C@H](NC(=O)Cn1nc(-c2ccccc2F)ccc1=O)C(=O)O. The van der Waals surface area contributed by atoms with E-state index in [1.165, 1.54) is 37.3 Å². The van der Waals surface area contributed by atoms with E-state index < -0.39 is 35.8 Å². The van der Waals surface area contributed by atoms with Crippen molar-refractivity contribution >= 4 is 11.9 Å². The molecular formula is C15H14FN3O4. The van der Waals surface area contributed by atoms with Crippen LogP contribution >= 0.6 is 0 Å². The average Bonchev–Trinajstić information content (AvgIpc) is 2.50. The summed E-state index contributed by atoms with van der Waals surface area (Å²) in [4.78, 5) is 34.2. The van der Waals surface area contributed by atoms with Gasteiger partial charge in [-0.2, -0.15) is 5.10 Å². The van der Waals surface area contributed by atoms with Gasteiger partial charge in [0.25, 0.3) is 5.56 Å². The third-order valence-corrected chi connectivity index (χ3v) is 3.06. The fourth-order valence-electron chi connectivity index (χ4n) is 1.86. The summed E-state index contributed by atoms with van der Waals surface area (Å²) in [5.41, 5.74) is -0.162. The second-order valence-electron chi connectivity index (χ2n) is 4.82. The number of halogens is 1. The quantitative estimate of drug-likeness (QED) is 0.842. The summed E-state index contributed by atoms with van der Waals surface area (Å²) in [5, 5.41) is 14.9. The Balaban J connectivity index is 2.25. The van der Waals surface area contributed by atoms with Crippen LogP contribution in [0.3, 0.4) is 0 Å². The molecule has 2 aromatic rings. The average molecular weight is 319 g/mol. The Bertz CT molecular complexity index is 803. The third-order valence-electron chi connectivity index (χ3n) is 3.06. The topological polar surface area (TPSA) is 101 Å². The lowest BCUT2D eigenvalue weighted by atomic mass is 10.1. The maximum absolute atomic E-state index is 13.8. The lowest BCUT2D eigenvalue weighted by Gasteiger charge is -2.11. The van der Waals surface area contributed by atoms with E-state index >= 15 is 0 Å². The van der Waals surface area contributed by atoms with Crippen molar-refractivity contribution < 1.29 is 19.1 Å². The van der Waals surface area contributed by atoms with Crippen molar-refractivity contribution in [1.29, 1.82) is 0 Å². The van der Waals surface area contributed by atoms with Crippen molar-refractivity contribution in [1.82, 2.24) is 15.1 Å². The molecule has 0 fully saturated rings. The van der Waals surface area contributed by atoms with Crippen molar-refractivity contribution in [2.24, 2.45) is 0 Å². The Morgan fingerprint density at radius 2 is 2.00 bits per heavy atom. The number of benzene rings is 1. The highest BCUT2D eigenvalue weighted by Gasteiger charge is 2.15. The molecule has 23 heavy (non-hydrogen) atoms. The van der Waals surface area contributed by atoms with Crippen LogP contribution in [-0.2, 0) is 16.1 Å². The predicted molar refractivity (Wildman–Crippen MR) is 79.1 cm³/mol. The molecular weight excluding hydrogens is 305 g/mol. The van der Waals surface area contributed by atoms with Crippen molar-refractivity contribution in [2.45, 2.75) is 19.5 Å².